The average Bonchev–Trinajstić information content (AvgIpc) is 2.89. The number of nitrogens with one attached hydrogen (secondary N) is 1. The molecule has 4 N–H and O–H groups in total. The van der Waals surface area contributed by atoms with Gasteiger partial charge in [-0.25, -0.2) is 8.42 Å². The monoisotopic (exact) mass is 285 g/mol. The van der Waals surface area contributed by atoms with Gasteiger partial charge in [0, 0.05) is 25.4 Å². The highest BCUT2D eigenvalue weighted by atomic mass is 32.2. The van der Waals surface area contributed by atoms with E-state index in [1.807, 2.05) is 0 Å². The molecule has 1 atom stereocenters. The maximum Gasteiger partial charge on any atom is 0.243 e. The van der Waals surface area contributed by atoms with E-state index in [0.717, 1.165) is 6.42 Å². The maximum atomic E-state index is 12.4. The summed E-state index contributed by atoms with van der Waals surface area (Å²) in [5.74, 6) is 5.50. The molecule has 1 aliphatic rings. The summed E-state index contributed by atoms with van der Waals surface area (Å²) in [4.78, 5) is 0.274. The first-order valence-electron chi connectivity index (χ1n) is 6.25. The van der Waals surface area contributed by atoms with Gasteiger partial charge in [0.15, 0.2) is 0 Å². The van der Waals surface area contributed by atoms with Crippen LogP contribution >= 0.6 is 0 Å². The van der Waals surface area contributed by atoms with Gasteiger partial charge in [0.05, 0.1) is 4.90 Å². The zero-order chi connectivity index (χ0) is 13.9. The Morgan fingerprint density at radius 2 is 2.05 bits per heavy atom. The highest BCUT2D eigenvalue weighted by molar-refractivity contribution is 7.89. The minimum absolute atomic E-state index is 0.107. The Hall–Kier alpha value is -1.15. The van der Waals surface area contributed by atoms with E-state index in [0.29, 0.717) is 25.2 Å². The molecule has 7 heteroatoms. The summed E-state index contributed by atoms with van der Waals surface area (Å²) in [6.45, 7) is 1.11. The Morgan fingerprint density at radius 1 is 1.37 bits per heavy atom. The molecule has 0 bridgehead atoms. The zero-order valence-corrected chi connectivity index (χ0v) is 11.4. The maximum absolute atomic E-state index is 12.4. The Kier molecular flexibility index (Phi) is 4.41. The second-order valence-electron chi connectivity index (χ2n) is 4.70. The van der Waals surface area contributed by atoms with Gasteiger partial charge in [-0.2, -0.15) is 4.31 Å². The third-order valence-electron chi connectivity index (χ3n) is 3.44. The van der Waals surface area contributed by atoms with E-state index >= 15 is 0 Å². The summed E-state index contributed by atoms with van der Waals surface area (Å²) in [5, 5.41) is 8.90. The van der Waals surface area contributed by atoms with Gasteiger partial charge < -0.3 is 10.5 Å². The van der Waals surface area contributed by atoms with Gasteiger partial charge in [0.25, 0.3) is 0 Å². The van der Waals surface area contributed by atoms with Crippen molar-refractivity contribution < 1.29 is 13.5 Å². The summed E-state index contributed by atoms with van der Waals surface area (Å²) in [7, 11) is -3.43. The minimum Gasteiger partial charge on any atom is -0.396 e. The Balaban J connectivity index is 2.13. The Labute approximate surface area is 113 Å². The van der Waals surface area contributed by atoms with Crippen LogP contribution in [0.5, 0.6) is 0 Å². The number of hydrogen-bond acceptors (Lipinski definition) is 5. The number of nitrogens with zero attached hydrogens (tertiary/aromatic N) is 1. The number of nitrogens with two attached hydrogens (primary N) is 1. The average molecular weight is 285 g/mol. The van der Waals surface area contributed by atoms with Gasteiger partial charge in [-0.3, -0.25) is 5.84 Å². The van der Waals surface area contributed by atoms with E-state index in [9.17, 15) is 8.42 Å². The van der Waals surface area contributed by atoms with Crippen molar-refractivity contribution in [3.05, 3.63) is 24.3 Å². The number of rotatable bonds is 5. The lowest BCUT2D eigenvalue weighted by molar-refractivity contribution is 0.259. The molecule has 0 aromatic heterocycles. The van der Waals surface area contributed by atoms with Crippen LogP contribution in [0.3, 0.4) is 0 Å². The predicted octanol–water partition coefficient (Wildman–Crippen LogP) is 0.365. The summed E-state index contributed by atoms with van der Waals surface area (Å²) < 4.78 is 26.3. The molecule has 0 aliphatic carbocycles. The molecule has 1 unspecified atom stereocenters. The van der Waals surface area contributed by atoms with Crippen molar-refractivity contribution in [1.82, 2.24) is 4.31 Å². The van der Waals surface area contributed by atoms with Crippen LogP contribution in [0.1, 0.15) is 12.8 Å². The largest absolute Gasteiger partial charge is 0.396 e. The summed E-state index contributed by atoms with van der Waals surface area (Å²) in [6.07, 6.45) is 1.46. The Morgan fingerprint density at radius 3 is 2.63 bits per heavy atom. The van der Waals surface area contributed by atoms with Crippen molar-refractivity contribution in [2.75, 3.05) is 25.1 Å². The van der Waals surface area contributed by atoms with Crippen LogP contribution in [0.2, 0.25) is 0 Å². The van der Waals surface area contributed by atoms with Crippen molar-refractivity contribution >= 4 is 15.7 Å². The van der Waals surface area contributed by atoms with Crippen molar-refractivity contribution in [3.8, 4) is 0 Å². The number of aliphatic hydroxyl groups excluding tert-OH is 1. The fourth-order valence-electron chi connectivity index (χ4n) is 2.31. The van der Waals surface area contributed by atoms with Gasteiger partial charge >= 0.3 is 0 Å². The quantitative estimate of drug-likeness (QED) is 0.536. The molecule has 0 radical (unpaired) electrons. The van der Waals surface area contributed by atoms with Crippen LogP contribution in [0.4, 0.5) is 5.69 Å². The molecule has 6 nitrogen and oxygen atoms in total. The molecule has 0 saturated carbocycles. The SMILES string of the molecule is NNc1ccc(S(=O)(=O)N2CCC(CCO)C2)cc1. The van der Waals surface area contributed by atoms with E-state index in [1.54, 1.807) is 24.3 Å². The van der Waals surface area contributed by atoms with Gasteiger partial charge in [0.1, 0.15) is 0 Å². The van der Waals surface area contributed by atoms with Crippen LogP contribution in [0, 0.1) is 5.92 Å². The van der Waals surface area contributed by atoms with Gasteiger partial charge in [-0.05, 0) is 43.0 Å². The molecule has 0 spiro atoms. The number of aliphatic hydroxyl groups is 1. The summed E-state index contributed by atoms with van der Waals surface area (Å²) in [5.41, 5.74) is 3.13. The molecule has 1 saturated heterocycles. The highest BCUT2D eigenvalue weighted by Gasteiger charge is 2.32. The fraction of sp³-hybridized carbons (Fsp3) is 0.500. The predicted molar refractivity (Wildman–Crippen MR) is 72.8 cm³/mol. The molecule has 0 amide bonds. The first-order chi connectivity index (χ1) is 9.07. The smallest absolute Gasteiger partial charge is 0.243 e. The molecule has 1 aliphatic heterocycles. The van der Waals surface area contributed by atoms with E-state index < -0.39 is 10.0 Å². The zero-order valence-electron chi connectivity index (χ0n) is 10.6. The van der Waals surface area contributed by atoms with Crippen molar-refractivity contribution in [3.63, 3.8) is 0 Å². The minimum atomic E-state index is -3.43. The number of sulfonamides is 1. The van der Waals surface area contributed by atoms with E-state index in [2.05, 4.69) is 5.43 Å². The molecule has 1 heterocycles. The van der Waals surface area contributed by atoms with Gasteiger partial charge in [-0.15, -0.1) is 0 Å². The van der Waals surface area contributed by atoms with Crippen molar-refractivity contribution in [1.29, 1.82) is 0 Å². The second kappa shape index (κ2) is 5.87. The first kappa shape index (κ1) is 14.3. The lowest BCUT2D eigenvalue weighted by Crippen LogP contribution is -2.29. The van der Waals surface area contributed by atoms with Gasteiger partial charge in [0.2, 0.25) is 10.0 Å². The molecule has 1 fully saturated rings. The third kappa shape index (κ3) is 3.06. The van der Waals surface area contributed by atoms with Crippen LogP contribution in [-0.4, -0.2) is 37.5 Å². The number of nitrogen functional groups attached to an aromatic ring is 1. The topological polar surface area (TPSA) is 95.7 Å². The first-order valence-corrected chi connectivity index (χ1v) is 7.69. The number of benzene rings is 1. The Bertz CT molecular complexity index is 516. The van der Waals surface area contributed by atoms with Crippen LogP contribution in [-0.2, 0) is 10.0 Å². The molecule has 106 valence electrons. The van der Waals surface area contributed by atoms with Gasteiger partial charge in [-0.1, -0.05) is 0 Å². The fourth-order valence-corrected chi connectivity index (χ4v) is 3.84. The lowest BCUT2D eigenvalue weighted by Gasteiger charge is -2.16. The molecule has 19 heavy (non-hydrogen) atoms. The number of hydrogen-bond donors (Lipinski definition) is 3. The second-order valence-corrected chi connectivity index (χ2v) is 6.64. The summed E-state index contributed by atoms with van der Waals surface area (Å²) >= 11 is 0. The van der Waals surface area contributed by atoms with Crippen LogP contribution in [0.15, 0.2) is 29.2 Å². The molecule has 2 rings (SSSR count). The number of anilines is 1. The van der Waals surface area contributed by atoms with Crippen molar-refractivity contribution in [2.24, 2.45) is 11.8 Å². The number of hydrazine groups is 1. The van der Waals surface area contributed by atoms with Crippen LogP contribution in [0.25, 0.3) is 0 Å². The normalized spacial score (nSPS) is 20.6. The standard InChI is InChI=1S/C12H19N3O3S/c13-14-11-1-3-12(4-2-11)19(17,18)15-7-5-10(9-15)6-8-16/h1-4,10,14,16H,5-9,13H2. The lowest BCUT2D eigenvalue weighted by atomic mass is 10.1. The summed E-state index contributed by atoms with van der Waals surface area (Å²) in [6, 6.07) is 6.36. The third-order valence-corrected chi connectivity index (χ3v) is 5.32. The molecule has 1 aromatic carbocycles. The van der Waals surface area contributed by atoms with E-state index in [-0.39, 0.29) is 17.4 Å². The van der Waals surface area contributed by atoms with E-state index in [4.69, 9.17) is 10.9 Å². The van der Waals surface area contributed by atoms with Crippen LogP contribution < -0.4 is 11.3 Å². The molecular formula is C12H19N3O3S. The molecular weight excluding hydrogens is 266 g/mol. The molecule has 1 aromatic rings. The van der Waals surface area contributed by atoms with Crippen molar-refractivity contribution in [2.45, 2.75) is 17.7 Å². The highest BCUT2D eigenvalue weighted by Crippen LogP contribution is 2.26. The van der Waals surface area contributed by atoms with E-state index in [1.165, 1.54) is 4.31 Å².